The molecule has 0 spiro atoms. The van der Waals surface area contributed by atoms with Crippen LogP contribution >= 0.6 is 0 Å². The van der Waals surface area contributed by atoms with Crippen molar-refractivity contribution in [3.05, 3.63) is 310 Å². The summed E-state index contributed by atoms with van der Waals surface area (Å²) in [6.45, 7) is 23.2. The van der Waals surface area contributed by atoms with Gasteiger partial charge in [0.25, 0.3) is 0 Å². The lowest BCUT2D eigenvalue weighted by molar-refractivity contribution is 0.590. The lowest BCUT2D eigenvalue weighted by Crippen LogP contribution is -2.17. The Kier molecular flexibility index (Phi) is 14.1. The first-order chi connectivity index (χ1) is 41.4. The van der Waals surface area contributed by atoms with E-state index in [9.17, 15) is 0 Å². The molecule has 0 atom stereocenters. The van der Waals surface area contributed by atoms with Crippen molar-refractivity contribution in [1.29, 1.82) is 0 Å². The third kappa shape index (κ3) is 10.6. The highest BCUT2D eigenvalue weighted by Gasteiger charge is 2.38. The van der Waals surface area contributed by atoms with E-state index in [1.54, 1.807) is 0 Å². The van der Waals surface area contributed by atoms with Gasteiger partial charge in [-0.05, 0) is 184 Å². The molecule has 13 rings (SSSR count). The van der Waals surface area contributed by atoms with Crippen molar-refractivity contribution in [2.45, 2.75) is 90.9 Å². The Hall–Kier alpha value is -9.50. The summed E-state index contributed by atoms with van der Waals surface area (Å²) in [7, 11) is 0. The number of anilines is 6. The molecule has 0 aliphatic heterocycles. The summed E-state index contributed by atoms with van der Waals surface area (Å²) in [6.07, 6.45) is 9.00. The molecule has 0 saturated carbocycles. The summed E-state index contributed by atoms with van der Waals surface area (Å²) in [6, 6.07) is 94.5. The van der Waals surface area contributed by atoms with E-state index in [-0.39, 0.29) is 21.7 Å². The van der Waals surface area contributed by atoms with Crippen molar-refractivity contribution in [3.8, 4) is 44.5 Å². The molecule has 422 valence electrons. The van der Waals surface area contributed by atoms with Crippen molar-refractivity contribution in [3.63, 3.8) is 0 Å². The molecule has 0 radical (unpaired) electrons. The van der Waals surface area contributed by atoms with E-state index >= 15 is 0 Å². The maximum absolute atomic E-state index is 2.43. The zero-order valence-corrected chi connectivity index (χ0v) is 51.5. The van der Waals surface area contributed by atoms with Gasteiger partial charge in [-0.15, -0.1) is 0 Å². The van der Waals surface area contributed by atoms with E-state index in [1.165, 1.54) is 100 Å². The average molecular weight is 1110 g/mol. The Balaban J connectivity index is 0.715. The van der Waals surface area contributed by atoms with E-state index in [0.29, 0.717) is 0 Å². The summed E-state index contributed by atoms with van der Waals surface area (Å²) < 4.78 is 0. The monoisotopic (exact) mass is 1110 g/mol. The van der Waals surface area contributed by atoms with Gasteiger partial charge in [0.2, 0.25) is 0 Å². The summed E-state index contributed by atoms with van der Waals surface area (Å²) in [5, 5.41) is 0. The normalized spacial score (nSPS) is 13.8. The largest absolute Gasteiger partial charge is 0.310 e. The fraction of sp³-hybridized carbons (Fsp3) is 0.167. The number of rotatable bonds is 12. The first-order valence-electron chi connectivity index (χ1n) is 30.5. The maximum Gasteiger partial charge on any atom is 0.0465 e. The molecule has 0 saturated heterocycles. The number of nitrogens with zero attached hydrogens (tertiary/aromatic N) is 2. The van der Waals surface area contributed by atoms with Crippen LogP contribution in [-0.2, 0) is 21.7 Å². The SMILES string of the molecule is CC(C)(C)c1ccc(N(c2ccc(-c3ccccc3)cc2)c2ccc3c(c2)C(C)(C)c2cc(C=Cc4ccc(C=Cc5ccc6c(c5)C(C)(C)c5cc(N(c7ccc(-c8ccccc8)cc7)c7ccc(C(C)(C)C)cc7)ccc5-6)cc4)ccc2-3)cc1. The Morgan fingerprint density at radius 2 is 0.512 bits per heavy atom. The molecule has 11 aromatic carbocycles. The van der Waals surface area contributed by atoms with Crippen LogP contribution in [0.25, 0.3) is 68.8 Å². The topological polar surface area (TPSA) is 6.48 Å². The molecule has 0 bridgehead atoms. The van der Waals surface area contributed by atoms with Gasteiger partial charge < -0.3 is 9.80 Å². The van der Waals surface area contributed by atoms with Crippen LogP contribution in [0.1, 0.15) is 125 Å². The zero-order valence-electron chi connectivity index (χ0n) is 51.5. The lowest BCUT2D eigenvalue weighted by Gasteiger charge is -2.29. The van der Waals surface area contributed by atoms with Crippen LogP contribution in [0, 0.1) is 0 Å². The van der Waals surface area contributed by atoms with Crippen molar-refractivity contribution < 1.29 is 0 Å². The van der Waals surface area contributed by atoms with Crippen LogP contribution in [-0.4, -0.2) is 0 Å². The van der Waals surface area contributed by atoms with Gasteiger partial charge in [-0.3, -0.25) is 0 Å². The second kappa shape index (κ2) is 21.8. The first-order valence-corrected chi connectivity index (χ1v) is 30.5. The molecular weight excluding hydrogens is 1040 g/mol. The van der Waals surface area contributed by atoms with E-state index in [0.717, 1.165) is 34.1 Å². The highest BCUT2D eigenvalue weighted by molar-refractivity contribution is 5.89. The molecule has 0 heterocycles. The molecule has 0 aromatic heterocycles. The van der Waals surface area contributed by atoms with Crippen molar-refractivity contribution in [2.75, 3.05) is 9.80 Å². The van der Waals surface area contributed by atoms with Gasteiger partial charge in [-0.2, -0.15) is 0 Å². The molecule has 11 aromatic rings. The fourth-order valence-corrected chi connectivity index (χ4v) is 13.1. The smallest absolute Gasteiger partial charge is 0.0465 e. The minimum absolute atomic E-state index is 0.0666. The predicted octanol–water partition coefficient (Wildman–Crippen LogP) is 23.5. The zero-order chi connectivity index (χ0) is 59.5. The van der Waals surface area contributed by atoms with Crippen LogP contribution in [0.2, 0.25) is 0 Å². The summed E-state index contributed by atoms with van der Waals surface area (Å²) in [5.74, 6) is 0. The summed E-state index contributed by atoms with van der Waals surface area (Å²) in [5.41, 5.74) is 29.5. The molecular formula is C84H76N2. The predicted molar refractivity (Wildman–Crippen MR) is 370 cm³/mol. The maximum atomic E-state index is 2.43. The molecule has 0 amide bonds. The van der Waals surface area contributed by atoms with Gasteiger partial charge in [0.05, 0.1) is 0 Å². The Morgan fingerprint density at radius 3 is 0.837 bits per heavy atom. The van der Waals surface area contributed by atoms with Crippen molar-refractivity contribution in [1.82, 2.24) is 0 Å². The van der Waals surface area contributed by atoms with E-state index in [4.69, 9.17) is 0 Å². The number of hydrogen-bond acceptors (Lipinski definition) is 2. The van der Waals surface area contributed by atoms with Crippen molar-refractivity contribution in [2.24, 2.45) is 0 Å². The number of hydrogen-bond donors (Lipinski definition) is 0. The Bertz CT molecular complexity index is 4050. The van der Waals surface area contributed by atoms with Gasteiger partial charge >= 0.3 is 0 Å². The third-order valence-corrected chi connectivity index (χ3v) is 18.2. The lowest BCUT2D eigenvalue weighted by atomic mass is 9.81. The Morgan fingerprint density at radius 1 is 0.256 bits per heavy atom. The van der Waals surface area contributed by atoms with Gasteiger partial charge in [0.1, 0.15) is 0 Å². The number of fused-ring (bicyclic) bond motifs is 6. The first kappa shape index (κ1) is 55.7. The highest BCUT2D eigenvalue weighted by Crippen LogP contribution is 2.53. The fourth-order valence-electron chi connectivity index (χ4n) is 13.1. The Labute approximate surface area is 511 Å². The van der Waals surface area contributed by atoms with E-state index < -0.39 is 0 Å². The van der Waals surface area contributed by atoms with Crippen molar-refractivity contribution >= 4 is 58.4 Å². The van der Waals surface area contributed by atoms with Gasteiger partial charge in [0, 0.05) is 45.0 Å². The van der Waals surface area contributed by atoms with Crippen LogP contribution in [0.4, 0.5) is 34.1 Å². The molecule has 2 aliphatic rings. The summed E-state index contributed by atoms with van der Waals surface area (Å²) in [4.78, 5) is 4.82. The molecule has 0 N–H and O–H groups in total. The summed E-state index contributed by atoms with van der Waals surface area (Å²) >= 11 is 0. The highest BCUT2D eigenvalue weighted by atomic mass is 15.1. The third-order valence-electron chi connectivity index (χ3n) is 18.2. The second-order valence-corrected chi connectivity index (χ2v) is 26.7. The van der Waals surface area contributed by atoms with Crippen LogP contribution in [0.3, 0.4) is 0 Å². The number of benzene rings is 11. The van der Waals surface area contributed by atoms with Crippen LogP contribution < -0.4 is 9.80 Å². The quantitative estimate of drug-likeness (QED) is 0.113. The van der Waals surface area contributed by atoms with Gasteiger partial charge in [0.15, 0.2) is 0 Å². The van der Waals surface area contributed by atoms with Crippen LogP contribution in [0.5, 0.6) is 0 Å². The van der Waals surface area contributed by atoms with Gasteiger partial charge in [-0.25, -0.2) is 0 Å². The minimum atomic E-state index is -0.196. The average Bonchev–Trinajstić information content (AvgIpc) is 2.18. The molecule has 2 heteroatoms. The molecule has 0 unspecified atom stereocenters. The standard InChI is InChI=1S/C84H76N2/c1-81(2,3)65-35-43-69(44-36-65)85(67-39-31-63(32-40-67)61-17-13-11-14-18-61)71-47-51-75-73-49-29-59(53-77(73)83(7,8)79(75)55-71)27-25-57-21-23-58(24-22-57)26-28-60-30-50-74-76-52-48-72(56-80(76)84(9,10)78(74)54-60)86(70-45-37-66(38-46-70)82(4,5)6)68-41-33-64(34-42-68)62-19-15-12-16-20-62/h11-56H,1-10H3. The molecule has 0 fully saturated rings. The van der Waals surface area contributed by atoms with Gasteiger partial charge in [-0.1, -0.05) is 276 Å². The second-order valence-electron chi connectivity index (χ2n) is 26.7. The molecule has 86 heavy (non-hydrogen) atoms. The molecule has 2 aliphatic carbocycles. The van der Waals surface area contributed by atoms with Crippen LogP contribution in [0.15, 0.2) is 255 Å². The van der Waals surface area contributed by atoms with E-state index in [1.807, 2.05) is 0 Å². The molecule has 2 nitrogen and oxygen atoms in total. The minimum Gasteiger partial charge on any atom is -0.310 e. The van der Waals surface area contributed by atoms with E-state index in [2.05, 4.69) is 358 Å².